The number of carbonyl (C=O) groups excluding carboxylic acids is 4. The summed E-state index contributed by atoms with van der Waals surface area (Å²) in [6, 6.07) is 18.2. The van der Waals surface area contributed by atoms with Gasteiger partial charge in [0.15, 0.2) is 0 Å². The highest BCUT2D eigenvalue weighted by Gasteiger charge is 2.25. The molecular weight excluding hydrogens is 1050 g/mol. The van der Waals surface area contributed by atoms with E-state index in [1.807, 2.05) is 55.1 Å². The molecule has 6 aromatic rings. The van der Waals surface area contributed by atoms with Gasteiger partial charge in [-0.25, -0.2) is 0 Å². The van der Waals surface area contributed by atoms with Gasteiger partial charge in [-0.2, -0.15) is 10.2 Å². The quantitative estimate of drug-likeness (QED) is 0.122. The van der Waals surface area contributed by atoms with Crippen molar-refractivity contribution in [3.05, 3.63) is 116 Å². The molecule has 18 nitrogen and oxygen atoms in total. The van der Waals surface area contributed by atoms with Crippen molar-refractivity contribution >= 4 is 93.0 Å². The lowest BCUT2D eigenvalue weighted by molar-refractivity contribution is -0.132. The highest BCUT2D eigenvalue weighted by atomic mass is 35.5. The summed E-state index contributed by atoms with van der Waals surface area (Å²) in [7, 11) is 9.91. The Morgan fingerprint density at radius 2 is 1.07 bits per heavy atom. The van der Waals surface area contributed by atoms with Crippen LogP contribution in [0, 0.1) is 13.8 Å². The largest absolute Gasteiger partial charge is 0.495 e. The van der Waals surface area contributed by atoms with Gasteiger partial charge in [0.2, 0.25) is 11.8 Å². The van der Waals surface area contributed by atoms with Crippen LogP contribution in [-0.4, -0.2) is 174 Å². The van der Waals surface area contributed by atoms with Crippen molar-refractivity contribution in [2.75, 3.05) is 110 Å². The number of nitrogens with zero attached hydrogens (tertiary/aromatic N) is 11. The fourth-order valence-electron chi connectivity index (χ4n) is 7.68. The number of nitrogens with one attached hydrogen (secondary N) is 1. The summed E-state index contributed by atoms with van der Waals surface area (Å²) in [5.41, 5.74) is 6.92. The number of amides is 4. The molecule has 4 aromatic heterocycles. The molecule has 396 valence electrons. The zero-order chi connectivity index (χ0) is 53.1. The van der Waals surface area contributed by atoms with Gasteiger partial charge in [-0.1, -0.05) is 53.8 Å². The molecule has 2 aromatic carbocycles. The molecular formula is C51H61Cl5N12O6. The fourth-order valence-corrected chi connectivity index (χ4v) is 8.68. The number of methoxy groups -OCH3 is 2. The molecule has 74 heavy (non-hydrogen) atoms. The molecule has 0 aliphatic carbocycles. The van der Waals surface area contributed by atoms with E-state index in [0.717, 1.165) is 35.7 Å². The maximum absolute atomic E-state index is 13.1. The molecule has 0 saturated carbocycles. The summed E-state index contributed by atoms with van der Waals surface area (Å²) in [6.07, 6.45) is 3.17. The molecule has 4 amide bonds. The van der Waals surface area contributed by atoms with E-state index >= 15 is 0 Å². The summed E-state index contributed by atoms with van der Waals surface area (Å²) < 4.78 is 12.2. The molecule has 2 aliphatic rings. The summed E-state index contributed by atoms with van der Waals surface area (Å²) in [6.45, 7) is 9.30. The average Bonchev–Trinajstić information content (AvgIpc) is 3.89. The second kappa shape index (κ2) is 26.8. The molecule has 2 saturated heterocycles. The second-order valence-corrected chi connectivity index (χ2v) is 19.0. The van der Waals surface area contributed by atoms with Gasteiger partial charge >= 0.3 is 0 Å². The van der Waals surface area contributed by atoms with E-state index in [9.17, 15) is 19.2 Å². The number of aromatic nitrogens is 6. The lowest BCUT2D eigenvalue weighted by atomic mass is 10.2. The minimum atomic E-state index is -0.185. The third kappa shape index (κ3) is 14.3. The van der Waals surface area contributed by atoms with Crippen LogP contribution in [0.15, 0.2) is 73.1 Å². The topological polar surface area (TPSA) is 178 Å². The monoisotopic (exact) mass is 1110 g/mol. The Morgan fingerprint density at radius 1 is 0.622 bits per heavy atom. The smallest absolute Gasteiger partial charge is 0.271 e. The van der Waals surface area contributed by atoms with Gasteiger partial charge in [-0.15, -0.1) is 11.6 Å². The van der Waals surface area contributed by atoms with Crippen LogP contribution in [0.3, 0.4) is 0 Å². The Balaban J connectivity index is 0.000000225. The number of H-pyrrole nitrogens is 1. The Labute approximate surface area is 457 Å². The first-order chi connectivity index (χ1) is 34.8. The number of anilines is 2. The van der Waals surface area contributed by atoms with E-state index < -0.39 is 0 Å². The minimum Gasteiger partial charge on any atom is -0.495 e. The zero-order valence-corrected chi connectivity index (χ0v) is 45.5. The maximum atomic E-state index is 13.1. The van der Waals surface area contributed by atoms with Crippen LogP contribution in [0.2, 0.25) is 20.1 Å². The zero-order valence-electron chi connectivity index (χ0n) is 41.8. The average molecular weight is 1120 g/mol. The number of ether oxygens (including phenoxy) is 2. The summed E-state index contributed by atoms with van der Waals surface area (Å²) in [5, 5.41) is 13.7. The number of rotatable bonds is 11. The van der Waals surface area contributed by atoms with E-state index in [4.69, 9.17) is 67.5 Å². The normalized spacial score (nSPS) is 13.1. The number of benzene rings is 2. The molecule has 6 heterocycles. The summed E-state index contributed by atoms with van der Waals surface area (Å²) >= 11 is 30.4. The second-order valence-electron chi connectivity index (χ2n) is 17.2. The molecule has 0 atom stereocenters. The van der Waals surface area contributed by atoms with Crippen LogP contribution < -0.4 is 19.3 Å². The number of aryl methyl sites for hydroxylation is 1. The van der Waals surface area contributed by atoms with Gasteiger partial charge in [0.05, 0.1) is 45.7 Å². The number of aromatic amines is 1. The first kappa shape index (κ1) is 58.6. The summed E-state index contributed by atoms with van der Waals surface area (Å²) in [4.78, 5) is 67.7. The molecule has 0 unspecified atom stereocenters. The van der Waals surface area contributed by atoms with E-state index in [0.29, 0.717) is 105 Å². The molecule has 0 bridgehead atoms. The minimum absolute atomic E-state index is 0. The highest BCUT2D eigenvalue weighted by Crippen LogP contribution is 2.33. The van der Waals surface area contributed by atoms with E-state index in [1.165, 1.54) is 9.80 Å². The van der Waals surface area contributed by atoms with Crippen LogP contribution in [0.4, 0.5) is 11.4 Å². The third-order valence-electron chi connectivity index (χ3n) is 12.0. The Morgan fingerprint density at radius 3 is 1.45 bits per heavy atom. The van der Waals surface area contributed by atoms with Crippen LogP contribution in [0.5, 0.6) is 11.5 Å². The lowest BCUT2D eigenvalue weighted by Crippen LogP contribution is -2.49. The Kier molecular flexibility index (Phi) is 21.2. The van der Waals surface area contributed by atoms with Gasteiger partial charge in [0, 0.05) is 128 Å². The van der Waals surface area contributed by atoms with Gasteiger partial charge in [0.25, 0.3) is 11.8 Å². The van der Waals surface area contributed by atoms with E-state index in [1.54, 1.807) is 88.7 Å². The molecule has 23 heteroatoms. The number of hydrogen-bond acceptors (Lipinski definition) is 12. The van der Waals surface area contributed by atoms with Crippen molar-refractivity contribution < 1.29 is 28.7 Å². The van der Waals surface area contributed by atoms with Crippen LogP contribution >= 0.6 is 58.0 Å². The van der Waals surface area contributed by atoms with Gasteiger partial charge in [0.1, 0.15) is 46.7 Å². The Hall–Kier alpha value is -6.31. The number of carbonyl (C=O) groups is 4. The number of pyridine rings is 2. The first-order valence-electron chi connectivity index (χ1n) is 22.9. The maximum Gasteiger partial charge on any atom is 0.271 e. The van der Waals surface area contributed by atoms with Crippen molar-refractivity contribution in [2.45, 2.75) is 27.8 Å². The number of hydrogen-bond donors (Lipinski definition) is 1. The SMILES string of the molecule is C.COc1cc(N2CCN(C(=O)CCl)CC2)ccc1Cl.COc1cc(N2CCN(C(=O)Cn3nc(-c4ccc(C(=O)N(C)C)nc4)c(Cl)c3C)CC2)ccc1Cl.Cc1[nH]nc(-c2ccc(C(=O)N(C)C)nc2)c1Cl. The lowest BCUT2D eigenvalue weighted by Gasteiger charge is -2.36. The summed E-state index contributed by atoms with van der Waals surface area (Å²) in [5.74, 6) is 0.995. The first-order valence-corrected chi connectivity index (χ1v) is 25.0. The molecule has 0 spiro atoms. The third-order valence-corrected chi connectivity index (χ3v) is 13.8. The molecule has 1 N–H and O–H groups in total. The van der Waals surface area contributed by atoms with E-state index in [2.05, 4.69) is 35.1 Å². The molecule has 8 rings (SSSR count). The van der Waals surface area contributed by atoms with Crippen molar-refractivity contribution in [1.82, 2.24) is 49.5 Å². The van der Waals surface area contributed by atoms with Gasteiger partial charge in [-0.3, -0.25) is 38.9 Å². The van der Waals surface area contributed by atoms with Crippen LogP contribution in [0.1, 0.15) is 39.8 Å². The highest BCUT2D eigenvalue weighted by molar-refractivity contribution is 6.34. The van der Waals surface area contributed by atoms with Crippen LogP contribution in [-0.2, 0) is 16.1 Å². The molecule has 0 radical (unpaired) electrons. The molecule has 2 fully saturated rings. The van der Waals surface area contributed by atoms with Crippen LogP contribution in [0.25, 0.3) is 22.5 Å². The van der Waals surface area contributed by atoms with Crippen molar-refractivity contribution in [3.63, 3.8) is 0 Å². The van der Waals surface area contributed by atoms with Gasteiger partial charge < -0.3 is 38.9 Å². The predicted molar refractivity (Wildman–Crippen MR) is 294 cm³/mol. The Bertz CT molecular complexity index is 2880. The van der Waals surface area contributed by atoms with Crippen molar-refractivity contribution in [3.8, 4) is 34.0 Å². The fraction of sp³-hybridized carbons (Fsp3) is 0.373. The molecule has 2 aliphatic heterocycles. The van der Waals surface area contributed by atoms with Gasteiger partial charge in [-0.05, 0) is 62.4 Å². The van der Waals surface area contributed by atoms with Crippen molar-refractivity contribution in [1.29, 1.82) is 0 Å². The number of alkyl halides is 1. The predicted octanol–water partition coefficient (Wildman–Crippen LogP) is 8.63. The van der Waals surface area contributed by atoms with Crippen molar-refractivity contribution in [2.24, 2.45) is 0 Å². The van der Waals surface area contributed by atoms with E-state index in [-0.39, 0.29) is 43.5 Å². The standard InChI is InChI=1S/C25H28Cl2N6O3.C13H16Cl2N2O2.C12H13ClN4O.CH4/c1-16-23(27)24(17-5-8-20(28-14-17)25(35)30(2)3)29-33(16)15-22(34)32-11-9-31(10-12-32)18-6-7-19(26)21(13-18)36-4;1-19-12-8-10(2-3-11(12)15)16-4-6-17(7-5-16)13(18)9-14;1-7-10(13)11(16-15-7)8-4-5-9(14-6-8)12(18)17(2)3;/h5-8,13-14H,9-12,15H2,1-4H3;2-3,8H,4-7,9H2,1H3;4-6H,1-3H3,(H,15,16);1H4. The number of piperazine rings is 2. The number of halogens is 5.